The summed E-state index contributed by atoms with van der Waals surface area (Å²) in [5, 5.41) is 5.55. The average molecular weight is 407 g/mol. The summed E-state index contributed by atoms with van der Waals surface area (Å²) >= 11 is 0. The Bertz CT molecular complexity index is 1040. The second-order valence-corrected chi connectivity index (χ2v) is 7.69. The summed E-state index contributed by atoms with van der Waals surface area (Å²) in [6.07, 6.45) is 0.866. The summed E-state index contributed by atoms with van der Waals surface area (Å²) in [5.74, 6) is 0.489. The van der Waals surface area contributed by atoms with Gasteiger partial charge in [0.2, 0.25) is 5.91 Å². The van der Waals surface area contributed by atoms with Crippen LogP contribution in [0.15, 0.2) is 48.5 Å². The van der Waals surface area contributed by atoms with Crippen LogP contribution in [0.2, 0.25) is 0 Å². The van der Waals surface area contributed by atoms with Crippen LogP contribution in [0.25, 0.3) is 0 Å². The standard InChI is InChI=1S/C22H21N3O5/c26-19(23-11-15-13-29-17-7-3-4-8-18(17)30-15)12-25-20(27)22(24-21(25)28)10-9-14-5-1-2-6-16(14)22/h1-8,15H,9-13H2,(H,23,26)(H,24,28)/t15-,22-/m0/s1. The Hall–Kier alpha value is -3.55. The summed E-state index contributed by atoms with van der Waals surface area (Å²) < 4.78 is 11.4. The van der Waals surface area contributed by atoms with E-state index in [4.69, 9.17) is 9.47 Å². The van der Waals surface area contributed by atoms with E-state index in [-0.39, 0.29) is 25.1 Å². The lowest BCUT2D eigenvalue weighted by Gasteiger charge is -2.26. The maximum atomic E-state index is 13.1. The molecule has 5 rings (SSSR count). The van der Waals surface area contributed by atoms with Crippen molar-refractivity contribution in [1.82, 2.24) is 15.5 Å². The van der Waals surface area contributed by atoms with E-state index in [1.165, 1.54) is 0 Å². The van der Waals surface area contributed by atoms with Gasteiger partial charge in [0, 0.05) is 0 Å². The molecule has 154 valence electrons. The van der Waals surface area contributed by atoms with E-state index in [9.17, 15) is 14.4 Å². The van der Waals surface area contributed by atoms with E-state index in [0.717, 1.165) is 16.0 Å². The summed E-state index contributed by atoms with van der Waals surface area (Å²) in [6, 6.07) is 14.4. The van der Waals surface area contributed by atoms with E-state index in [0.29, 0.717) is 30.9 Å². The van der Waals surface area contributed by atoms with Gasteiger partial charge < -0.3 is 20.1 Å². The second-order valence-electron chi connectivity index (χ2n) is 7.69. The number of urea groups is 1. The number of nitrogens with zero attached hydrogens (tertiary/aromatic N) is 1. The summed E-state index contributed by atoms with van der Waals surface area (Å²) in [7, 11) is 0. The molecule has 1 spiro atoms. The maximum absolute atomic E-state index is 13.1. The number of amides is 4. The molecule has 2 N–H and O–H groups in total. The van der Waals surface area contributed by atoms with E-state index < -0.39 is 17.5 Å². The Morgan fingerprint density at radius 2 is 1.90 bits per heavy atom. The number of rotatable bonds is 4. The molecule has 2 heterocycles. The first-order valence-corrected chi connectivity index (χ1v) is 9.94. The van der Waals surface area contributed by atoms with Crippen LogP contribution in [0.5, 0.6) is 11.5 Å². The van der Waals surface area contributed by atoms with Crippen LogP contribution >= 0.6 is 0 Å². The lowest BCUT2D eigenvalue weighted by Crippen LogP contribution is -2.46. The molecule has 1 fully saturated rings. The number of carbonyl (C=O) groups is 3. The normalized spacial score (nSPS) is 24.0. The van der Waals surface area contributed by atoms with Crippen molar-refractivity contribution in [2.24, 2.45) is 0 Å². The van der Waals surface area contributed by atoms with E-state index in [1.54, 1.807) is 6.07 Å². The molecule has 2 aliphatic heterocycles. The molecule has 30 heavy (non-hydrogen) atoms. The fourth-order valence-corrected chi connectivity index (χ4v) is 4.32. The van der Waals surface area contributed by atoms with Crippen molar-refractivity contribution in [2.45, 2.75) is 24.5 Å². The molecular formula is C22H21N3O5. The zero-order valence-corrected chi connectivity index (χ0v) is 16.2. The zero-order valence-electron chi connectivity index (χ0n) is 16.2. The topological polar surface area (TPSA) is 97.0 Å². The average Bonchev–Trinajstić information content (AvgIpc) is 3.25. The quantitative estimate of drug-likeness (QED) is 0.746. The molecule has 2 aromatic carbocycles. The largest absolute Gasteiger partial charge is 0.486 e. The lowest BCUT2D eigenvalue weighted by molar-refractivity contribution is -0.135. The van der Waals surface area contributed by atoms with Crippen LogP contribution in [-0.2, 0) is 21.5 Å². The first-order chi connectivity index (χ1) is 14.6. The van der Waals surface area contributed by atoms with Crippen LogP contribution in [-0.4, -0.2) is 48.5 Å². The molecule has 8 nitrogen and oxygen atoms in total. The minimum Gasteiger partial charge on any atom is -0.486 e. The van der Waals surface area contributed by atoms with Crippen molar-refractivity contribution < 1.29 is 23.9 Å². The second kappa shape index (κ2) is 7.05. The van der Waals surface area contributed by atoms with E-state index in [1.807, 2.05) is 42.5 Å². The van der Waals surface area contributed by atoms with Gasteiger partial charge in [0.05, 0.1) is 6.54 Å². The van der Waals surface area contributed by atoms with Gasteiger partial charge in [-0.25, -0.2) is 4.79 Å². The zero-order chi connectivity index (χ0) is 20.7. The molecule has 8 heteroatoms. The number of nitrogens with one attached hydrogen (secondary N) is 2. The molecule has 1 saturated heterocycles. The van der Waals surface area contributed by atoms with Crippen LogP contribution in [0, 0.1) is 0 Å². The number of fused-ring (bicyclic) bond motifs is 3. The number of ether oxygens (including phenoxy) is 2. The number of imide groups is 1. The monoisotopic (exact) mass is 407 g/mol. The van der Waals surface area contributed by atoms with Gasteiger partial charge in [0.1, 0.15) is 24.8 Å². The fourth-order valence-electron chi connectivity index (χ4n) is 4.32. The predicted octanol–water partition coefficient (Wildman–Crippen LogP) is 1.34. The van der Waals surface area contributed by atoms with Gasteiger partial charge in [-0.05, 0) is 36.1 Å². The molecule has 0 radical (unpaired) electrons. The summed E-state index contributed by atoms with van der Waals surface area (Å²) in [6.45, 7) is 0.184. The lowest BCUT2D eigenvalue weighted by atomic mass is 9.92. The number of carbonyl (C=O) groups excluding carboxylic acids is 3. The first kappa shape index (κ1) is 18.5. The van der Waals surface area contributed by atoms with E-state index in [2.05, 4.69) is 10.6 Å². The summed E-state index contributed by atoms with van der Waals surface area (Å²) in [4.78, 5) is 39.0. The molecule has 2 atom stereocenters. The van der Waals surface area contributed by atoms with Crippen molar-refractivity contribution in [1.29, 1.82) is 0 Å². The van der Waals surface area contributed by atoms with E-state index >= 15 is 0 Å². The maximum Gasteiger partial charge on any atom is 0.325 e. The Labute approximate surface area is 173 Å². The Morgan fingerprint density at radius 1 is 1.13 bits per heavy atom. The third kappa shape index (κ3) is 2.96. The van der Waals surface area contributed by atoms with Gasteiger partial charge in [-0.15, -0.1) is 0 Å². The van der Waals surface area contributed by atoms with Crippen LogP contribution < -0.4 is 20.1 Å². The number of para-hydroxylation sites is 2. The highest BCUT2D eigenvalue weighted by atomic mass is 16.6. The SMILES string of the molecule is O=C(CN1C(=O)N[C@]2(CCc3ccccc32)C1=O)NC[C@H]1COc2ccccc2O1. The number of benzene rings is 2. The molecule has 4 amide bonds. The molecule has 0 bridgehead atoms. The molecule has 0 unspecified atom stereocenters. The smallest absolute Gasteiger partial charge is 0.325 e. The Morgan fingerprint density at radius 3 is 2.77 bits per heavy atom. The Balaban J connectivity index is 1.21. The van der Waals surface area contributed by atoms with Gasteiger partial charge in [-0.3, -0.25) is 14.5 Å². The molecule has 1 aliphatic carbocycles. The Kier molecular flexibility index (Phi) is 4.34. The third-order valence-electron chi connectivity index (χ3n) is 5.82. The summed E-state index contributed by atoms with van der Waals surface area (Å²) in [5.41, 5.74) is 0.808. The van der Waals surface area contributed by atoms with Gasteiger partial charge in [-0.2, -0.15) is 0 Å². The number of hydrogen-bond acceptors (Lipinski definition) is 5. The van der Waals surface area contributed by atoms with Crippen LogP contribution in [0.3, 0.4) is 0 Å². The van der Waals surface area contributed by atoms with Crippen molar-refractivity contribution in [3.63, 3.8) is 0 Å². The molecule has 3 aliphatic rings. The molecule has 2 aromatic rings. The molecule has 0 saturated carbocycles. The van der Waals surface area contributed by atoms with Gasteiger partial charge in [0.15, 0.2) is 11.5 Å². The predicted molar refractivity (Wildman–Crippen MR) is 106 cm³/mol. The van der Waals surface area contributed by atoms with Gasteiger partial charge in [0.25, 0.3) is 5.91 Å². The highest BCUT2D eigenvalue weighted by molar-refractivity contribution is 6.09. The van der Waals surface area contributed by atoms with Crippen molar-refractivity contribution in [3.05, 3.63) is 59.7 Å². The molecule has 0 aromatic heterocycles. The fraction of sp³-hybridized carbons (Fsp3) is 0.318. The van der Waals surface area contributed by atoms with Crippen molar-refractivity contribution >= 4 is 17.8 Å². The highest BCUT2D eigenvalue weighted by Crippen LogP contribution is 2.41. The minimum absolute atomic E-state index is 0.213. The highest BCUT2D eigenvalue weighted by Gasteiger charge is 2.55. The van der Waals surface area contributed by atoms with Crippen molar-refractivity contribution in [3.8, 4) is 11.5 Å². The van der Waals surface area contributed by atoms with Gasteiger partial charge >= 0.3 is 6.03 Å². The first-order valence-electron chi connectivity index (χ1n) is 9.94. The third-order valence-corrected chi connectivity index (χ3v) is 5.82. The van der Waals surface area contributed by atoms with Crippen LogP contribution in [0.1, 0.15) is 17.5 Å². The molecular weight excluding hydrogens is 386 g/mol. The van der Waals surface area contributed by atoms with Gasteiger partial charge in [-0.1, -0.05) is 36.4 Å². The number of aryl methyl sites for hydroxylation is 1. The van der Waals surface area contributed by atoms with Crippen LogP contribution in [0.4, 0.5) is 4.79 Å². The minimum atomic E-state index is -1.06. The number of hydrogen-bond donors (Lipinski definition) is 2. The van der Waals surface area contributed by atoms with Crippen molar-refractivity contribution in [2.75, 3.05) is 19.7 Å².